The average Bonchev–Trinajstić information content (AvgIpc) is 2.48. The molecule has 0 bridgehead atoms. The van der Waals surface area contributed by atoms with E-state index in [1.807, 2.05) is 6.92 Å². The molecule has 116 valence electrons. The van der Waals surface area contributed by atoms with Crippen LogP contribution in [0.2, 0.25) is 0 Å². The van der Waals surface area contributed by atoms with Gasteiger partial charge in [0, 0.05) is 0 Å². The molecule has 21 heavy (non-hydrogen) atoms. The number of carbonyl (C=O) groups is 1. The number of carbonyl (C=O) groups excluding carboxylic acids is 1. The first-order valence-electron chi connectivity index (χ1n) is 6.98. The SMILES string of the molecule is CNS(=O)(=O)c1ccccc1NC(=O)C1(C)CCCCN1. The Labute approximate surface area is 125 Å². The standard InChI is InChI=1S/C14H21N3O3S/c1-14(9-5-6-10-16-14)13(18)17-11-7-3-4-8-12(11)21(19,20)15-2/h3-4,7-8,15-16H,5-6,9-10H2,1-2H3,(H,17,18). The second-order valence-electron chi connectivity index (χ2n) is 5.37. The van der Waals surface area contributed by atoms with Crippen molar-refractivity contribution in [1.29, 1.82) is 0 Å². The molecule has 1 fully saturated rings. The zero-order chi connectivity index (χ0) is 15.5. The van der Waals surface area contributed by atoms with Crippen LogP contribution in [0, 0.1) is 0 Å². The third-order valence-corrected chi connectivity index (χ3v) is 5.29. The van der Waals surface area contributed by atoms with E-state index in [0.29, 0.717) is 5.69 Å². The van der Waals surface area contributed by atoms with E-state index in [4.69, 9.17) is 0 Å². The fourth-order valence-corrected chi connectivity index (χ4v) is 3.31. The van der Waals surface area contributed by atoms with Gasteiger partial charge < -0.3 is 10.6 Å². The molecular weight excluding hydrogens is 290 g/mol. The van der Waals surface area contributed by atoms with Crippen molar-refractivity contribution in [3.05, 3.63) is 24.3 Å². The minimum atomic E-state index is -3.61. The summed E-state index contributed by atoms with van der Waals surface area (Å²) in [5.41, 5.74) is -0.361. The Balaban J connectivity index is 2.26. The third-order valence-electron chi connectivity index (χ3n) is 3.81. The van der Waals surface area contributed by atoms with Crippen molar-refractivity contribution in [3.63, 3.8) is 0 Å². The van der Waals surface area contributed by atoms with Crippen LogP contribution in [-0.4, -0.2) is 33.5 Å². The van der Waals surface area contributed by atoms with Crippen LogP contribution in [0.5, 0.6) is 0 Å². The average molecular weight is 311 g/mol. The van der Waals surface area contributed by atoms with Crippen molar-refractivity contribution in [2.45, 2.75) is 36.6 Å². The van der Waals surface area contributed by atoms with Crippen molar-refractivity contribution in [2.75, 3.05) is 18.9 Å². The predicted octanol–water partition coefficient (Wildman–Crippen LogP) is 1.07. The summed E-state index contributed by atoms with van der Waals surface area (Å²) in [5.74, 6) is -0.207. The van der Waals surface area contributed by atoms with E-state index in [1.165, 1.54) is 13.1 Å². The van der Waals surface area contributed by atoms with Gasteiger partial charge in [-0.3, -0.25) is 4.79 Å². The first kappa shape index (κ1) is 15.9. The molecule has 1 aliphatic rings. The summed E-state index contributed by atoms with van der Waals surface area (Å²) < 4.78 is 26.2. The largest absolute Gasteiger partial charge is 0.323 e. The molecule has 6 nitrogen and oxygen atoms in total. The van der Waals surface area contributed by atoms with E-state index < -0.39 is 15.6 Å². The van der Waals surface area contributed by atoms with Crippen LogP contribution in [0.3, 0.4) is 0 Å². The molecule has 1 aromatic rings. The quantitative estimate of drug-likeness (QED) is 0.776. The molecule has 0 aromatic heterocycles. The maximum Gasteiger partial charge on any atom is 0.244 e. The summed E-state index contributed by atoms with van der Waals surface area (Å²) in [5, 5.41) is 5.95. The molecule has 0 radical (unpaired) electrons. The highest BCUT2D eigenvalue weighted by Gasteiger charge is 2.34. The van der Waals surface area contributed by atoms with Crippen LogP contribution in [0.15, 0.2) is 29.2 Å². The number of sulfonamides is 1. The zero-order valence-electron chi connectivity index (χ0n) is 12.3. The van der Waals surface area contributed by atoms with Crippen LogP contribution < -0.4 is 15.4 Å². The molecule has 1 aliphatic heterocycles. The zero-order valence-corrected chi connectivity index (χ0v) is 13.1. The number of benzene rings is 1. The molecule has 1 saturated heterocycles. The van der Waals surface area contributed by atoms with Gasteiger partial charge >= 0.3 is 0 Å². The molecule has 3 N–H and O–H groups in total. The van der Waals surface area contributed by atoms with Crippen LogP contribution in [0.1, 0.15) is 26.2 Å². The number of piperidine rings is 1. The number of hydrogen-bond donors (Lipinski definition) is 3. The fourth-order valence-electron chi connectivity index (χ4n) is 2.42. The first-order valence-corrected chi connectivity index (χ1v) is 8.46. The van der Waals surface area contributed by atoms with E-state index in [-0.39, 0.29) is 10.8 Å². The molecule has 1 heterocycles. The maximum atomic E-state index is 12.5. The highest BCUT2D eigenvalue weighted by atomic mass is 32.2. The molecule has 7 heteroatoms. The molecule has 1 amide bonds. The summed E-state index contributed by atoms with van der Waals surface area (Å²) >= 11 is 0. The lowest BCUT2D eigenvalue weighted by atomic mass is 9.90. The summed E-state index contributed by atoms with van der Waals surface area (Å²) in [6.07, 6.45) is 2.76. The molecule has 0 aliphatic carbocycles. The third kappa shape index (κ3) is 3.42. The number of amides is 1. The van der Waals surface area contributed by atoms with Gasteiger partial charge in [-0.05, 0) is 51.9 Å². The Morgan fingerprint density at radius 3 is 2.62 bits per heavy atom. The van der Waals surface area contributed by atoms with Gasteiger partial charge in [0.15, 0.2) is 0 Å². The van der Waals surface area contributed by atoms with Gasteiger partial charge in [0.2, 0.25) is 15.9 Å². The Morgan fingerprint density at radius 1 is 1.29 bits per heavy atom. The minimum absolute atomic E-state index is 0.0697. The van der Waals surface area contributed by atoms with Gasteiger partial charge in [-0.15, -0.1) is 0 Å². The lowest BCUT2D eigenvalue weighted by Crippen LogP contribution is -2.54. The van der Waals surface area contributed by atoms with Crippen molar-refractivity contribution >= 4 is 21.6 Å². The van der Waals surface area contributed by atoms with Crippen LogP contribution in [0.25, 0.3) is 0 Å². The Kier molecular flexibility index (Phi) is 4.65. The molecule has 0 spiro atoms. The molecule has 1 unspecified atom stereocenters. The first-order chi connectivity index (χ1) is 9.89. The highest BCUT2D eigenvalue weighted by molar-refractivity contribution is 7.89. The summed E-state index contributed by atoms with van der Waals surface area (Å²) in [6.45, 7) is 2.64. The van der Waals surface area contributed by atoms with Crippen molar-refractivity contribution in [2.24, 2.45) is 0 Å². The van der Waals surface area contributed by atoms with E-state index in [2.05, 4.69) is 15.4 Å². The topological polar surface area (TPSA) is 87.3 Å². The smallest absolute Gasteiger partial charge is 0.244 e. The highest BCUT2D eigenvalue weighted by Crippen LogP contribution is 2.24. The molecular formula is C14H21N3O3S. The van der Waals surface area contributed by atoms with Crippen LogP contribution in [-0.2, 0) is 14.8 Å². The van der Waals surface area contributed by atoms with Gasteiger partial charge in [0.1, 0.15) is 4.90 Å². The predicted molar refractivity (Wildman–Crippen MR) is 81.6 cm³/mol. The Bertz CT molecular complexity index is 622. The van der Waals surface area contributed by atoms with Gasteiger partial charge in [-0.25, -0.2) is 13.1 Å². The van der Waals surface area contributed by atoms with E-state index >= 15 is 0 Å². The van der Waals surface area contributed by atoms with Gasteiger partial charge in [-0.2, -0.15) is 0 Å². The van der Waals surface area contributed by atoms with Gasteiger partial charge in [0.05, 0.1) is 11.2 Å². The summed E-state index contributed by atoms with van der Waals surface area (Å²) in [6, 6.07) is 6.38. The van der Waals surface area contributed by atoms with Gasteiger partial charge in [0.25, 0.3) is 0 Å². The monoisotopic (exact) mass is 311 g/mol. The van der Waals surface area contributed by atoms with Crippen molar-refractivity contribution < 1.29 is 13.2 Å². The molecule has 2 rings (SSSR count). The summed E-state index contributed by atoms with van der Waals surface area (Å²) in [7, 11) is -2.26. The molecule has 1 atom stereocenters. The summed E-state index contributed by atoms with van der Waals surface area (Å²) in [4.78, 5) is 12.5. The van der Waals surface area contributed by atoms with Crippen molar-refractivity contribution in [3.8, 4) is 0 Å². The van der Waals surface area contributed by atoms with Crippen molar-refractivity contribution in [1.82, 2.24) is 10.0 Å². The maximum absolute atomic E-state index is 12.5. The fraction of sp³-hybridized carbons (Fsp3) is 0.500. The second kappa shape index (κ2) is 6.13. The number of para-hydroxylation sites is 1. The Morgan fingerprint density at radius 2 is 2.00 bits per heavy atom. The van der Waals surface area contributed by atoms with E-state index in [0.717, 1.165) is 25.8 Å². The molecule has 1 aromatic carbocycles. The van der Waals surface area contributed by atoms with Crippen LogP contribution in [0.4, 0.5) is 5.69 Å². The Hall–Kier alpha value is -1.44. The minimum Gasteiger partial charge on any atom is -0.323 e. The molecule has 0 saturated carbocycles. The normalized spacial score (nSPS) is 22.8. The lowest BCUT2D eigenvalue weighted by molar-refractivity contribution is -0.122. The lowest BCUT2D eigenvalue weighted by Gasteiger charge is -2.33. The number of nitrogens with one attached hydrogen (secondary N) is 3. The van der Waals surface area contributed by atoms with Gasteiger partial charge in [-0.1, -0.05) is 12.1 Å². The second-order valence-corrected chi connectivity index (χ2v) is 7.23. The van der Waals surface area contributed by atoms with E-state index in [9.17, 15) is 13.2 Å². The van der Waals surface area contributed by atoms with Crippen LogP contribution >= 0.6 is 0 Å². The number of anilines is 1. The number of hydrogen-bond acceptors (Lipinski definition) is 4. The number of rotatable bonds is 4. The van der Waals surface area contributed by atoms with E-state index in [1.54, 1.807) is 18.2 Å².